The normalized spacial score (nSPS) is 11.4. The summed E-state index contributed by atoms with van der Waals surface area (Å²) < 4.78 is 22.3. The van der Waals surface area contributed by atoms with Crippen molar-refractivity contribution in [2.45, 2.75) is 6.92 Å². The summed E-state index contributed by atoms with van der Waals surface area (Å²) in [6.45, 7) is 1.97. The van der Waals surface area contributed by atoms with E-state index in [4.69, 9.17) is 18.6 Å². The third-order valence-electron chi connectivity index (χ3n) is 5.12. The van der Waals surface area contributed by atoms with Crippen molar-refractivity contribution in [3.8, 4) is 17.2 Å². The molecule has 4 rings (SSSR count). The third-order valence-corrected chi connectivity index (χ3v) is 5.12. The molecular formula is C26H23NO5. The van der Waals surface area contributed by atoms with Gasteiger partial charge in [0.1, 0.15) is 11.3 Å². The Labute approximate surface area is 186 Å². The van der Waals surface area contributed by atoms with E-state index >= 15 is 0 Å². The number of nitrogens with zero attached hydrogens (tertiary/aromatic N) is 1. The van der Waals surface area contributed by atoms with Gasteiger partial charge in [-0.2, -0.15) is 0 Å². The van der Waals surface area contributed by atoms with E-state index in [2.05, 4.69) is 4.98 Å². The predicted molar refractivity (Wildman–Crippen MR) is 123 cm³/mol. The number of Topliss-reactive ketones (excluding diaryl/α,β-unsaturated/α-hetero) is 1. The van der Waals surface area contributed by atoms with Crippen LogP contribution >= 0.6 is 0 Å². The molecule has 0 bridgehead atoms. The second kappa shape index (κ2) is 8.98. The molecule has 0 amide bonds. The lowest BCUT2D eigenvalue weighted by Crippen LogP contribution is -2.04. The van der Waals surface area contributed by atoms with Crippen molar-refractivity contribution in [2.24, 2.45) is 0 Å². The second-order valence-electron chi connectivity index (χ2n) is 7.19. The number of aromatic nitrogens is 1. The van der Waals surface area contributed by atoms with Gasteiger partial charge in [0.05, 0.1) is 26.9 Å². The minimum atomic E-state index is -0.214. The van der Waals surface area contributed by atoms with Gasteiger partial charge in [-0.15, -0.1) is 0 Å². The van der Waals surface area contributed by atoms with Gasteiger partial charge in [0.25, 0.3) is 0 Å². The van der Waals surface area contributed by atoms with Crippen LogP contribution in [0.5, 0.6) is 17.2 Å². The smallest absolute Gasteiger partial charge is 0.231 e. The van der Waals surface area contributed by atoms with Crippen LogP contribution < -0.4 is 14.2 Å². The molecule has 3 aromatic carbocycles. The van der Waals surface area contributed by atoms with Crippen molar-refractivity contribution in [1.82, 2.24) is 4.98 Å². The Hall–Kier alpha value is -4.06. The van der Waals surface area contributed by atoms with Gasteiger partial charge in [0.15, 0.2) is 22.9 Å². The third kappa shape index (κ3) is 4.07. The lowest BCUT2D eigenvalue weighted by atomic mass is 9.99. The predicted octanol–water partition coefficient (Wildman–Crippen LogP) is 5.59. The number of hydrogen-bond acceptors (Lipinski definition) is 6. The van der Waals surface area contributed by atoms with Gasteiger partial charge in [-0.1, -0.05) is 42.0 Å². The zero-order valence-electron chi connectivity index (χ0n) is 18.3. The summed E-state index contributed by atoms with van der Waals surface area (Å²) in [5, 5.41) is 0. The largest absolute Gasteiger partial charge is 0.496 e. The number of hydrogen-bond donors (Lipinski definition) is 0. The highest BCUT2D eigenvalue weighted by Gasteiger charge is 2.22. The van der Waals surface area contributed by atoms with E-state index in [0.29, 0.717) is 45.0 Å². The molecule has 0 saturated carbocycles. The number of carbonyl (C=O) groups is 1. The van der Waals surface area contributed by atoms with Crippen LogP contribution in [0.1, 0.15) is 27.4 Å². The monoisotopic (exact) mass is 429 g/mol. The zero-order valence-corrected chi connectivity index (χ0v) is 18.3. The van der Waals surface area contributed by atoms with Crippen molar-refractivity contribution in [3.05, 3.63) is 83.2 Å². The fourth-order valence-corrected chi connectivity index (χ4v) is 3.39. The lowest BCUT2D eigenvalue weighted by molar-refractivity contribution is 0.105. The van der Waals surface area contributed by atoms with E-state index in [-0.39, 0.29) is 11.7 Å². The molecule has 0 saturated heterocycles. The molecule has 4 aromatic rings. The highest BCUT2D eigenvalue weighted by atomic mass is 16.5. The molecule has 6 heteroatoms. The number of aryl methyl sites for hydroxylation is 1. The van der Waals surface area contributed by atoms with E-state index in [1.807, 2.05) is 43.3 Å². The minimum Gasteiger partial charge on any atom is -0.496 e. The maximum atomic E-state index is 13.5. The molecule has 1 heterocycles. The fourth-order valence-electron chi connectivity index (χ4n) is 3.39. The summed E-state index contributed by atoms with van der Waals surface area (Å²) >= 11 is 0. The topological polar surface area (TPSA) is 70.8 Å². The van der Waals surface area contributed by atoms with Crippen molar-refractivity contribution < 1.29 is 23.4 Å². The molecule has 0 fully saturated rings. The number of carbonyl (C=O) groups excluding carboxylic acids is 1. The van der Waals surface area contributed by atoms with Gasteiger partial charge in [-0.3, -0.25) is 4.79 Å². The Balaban J connectivity index is 1.92. The quantitative estimate of drug-likeness (QED) is 0.282. The highest BCUT2D eigenvalue weighted by molar-refractivity contribution is 6.31. The highest BCUT2D eigenvalue weighted by Crippen LogP contribution is 2.37. The Kier molecular flexibility index (Phi) is 5.94. The van der Waals surface area contributed by atoms with Crippen LogP contribution in [0.3, 0.4) is 0 Å². The molecule has 0 radical (unpaired) electrons. The Morgan fingerprint density at radius 3 is 2.19 bits per heavy atom. The maximum Gasteiger partial charge on any atom is 0.231 e. The minimum absolute atomic E-state index is 0.214. The summed E-state index contributed by atoms with van der Waals surface area (Å²) in [6, 6.07) is 18.2. The molecule has 0 aliphatic heterocycles. The average molecular weight is 429 g/mol. The van der Waals surface area contributed by atoms with Crippen LogP contribution in [-0.4, -0.2) is 32.1 Å². The van der Waals surface area contributed by atoms with Crippen molar-refractivity contribution in [3.63, 3.8) is 0 Å². The first-order chi connectivity index (χ1) is 15.5. The SMILES string of the molecule is COc1cc(OC)c(OC)cc1C=C(C(=O)c1ccc(C)cc1)c1nc2ccccc2o1. The van der Waals surface area contributed by atoms with Gasteiger partial charge in [-0.25, -0.2) is 4.98 Å². The number of allylic oxidation sites excluding steroid dienone is 1. The summed E-state index contributed by atoms with van der Waals surface area (Å²) in [4.78, 5) is 18.1. The number of ether oxygens (including phenoxy) is 3. The standard InChI is InChI=1S/C26H23NO5/c1-16-9-11-17(12-10-16)25(28)19(26-27-20-7-5-6-8-21(20)32-26)13-18-14-23(30-3)24(31-4)15-22(18)29-2/h5-15H,1-4H3. The first-order valence-electron chi connectivity index (χ1n) is 10.0. The molecule has 0 aliphatic rings. The molecule has 0 unspecified atom stereocenters. The van der Waals surface area contributed by atoms with Crippen LogP contribution in [0, 0.1) is 6.92 Å². The summed E-state index contributed by atoms with van der Waals surface area (Å²) in [6.07, 6.45) is 1.70. The molecule has 32 heavy (non-hydrogen) atoms. The second-order valence-corrected chi connectivity index (χ2v) is 7.19. The Bertz CT molecular complexity index is 1270. The number of oxazole rings is 1. The molecule has 1 aromatic heterocycles. The molecule has 6 nitrogen and oxygen atoms in total. The van der Waals surface area contributed by atoms with Crippen LogP contribution in [0.25, 0.3) is 22.7 Å². The van der Waals surface area contributed by atoms with Gasteiger partial charge in [0.2, 0.25) is 5.89 Å². The first kappa shape index (κ1) is 21.2. The molecule has 0 aliphatic carbocycles. The summed E-state index contributed by atoms with van der Waals surface area (Å²) in [5.41, 5.74) is 3.80. The Morgan fingerprint density at radius 2 is 1.53 bits per heavy atom. The van der Waals surface area contributed by atoms with E-state index in [9.17, 15) is 4.79 Å². The Morgan fingerprint density at radius 1 is 0.875 bits per heavy atom. The number of methoxy groups -OCH3 is 3. The van der Waals surface area contributed by atoms with Gasteiger partial charge in [-0.05, 0) is 31.2 Å². The maximum absolute atomic E-state index is 13.5. The van der Waals surface area contributed by atoms with E-state index < -0.39 is 0 Å². The number of ketones is 1. The molecular weight excluding hydrogens is 406 g/mol. The molecule has 0 atom stereocenters. The van der Waals surface area contributed by atoms with E-state index in [0.717, 1.165) is 5.56 Å². The first-order valence-corrected chi connectivity index (χ1v) is 10.0. The summed E-state index contributed by atoms with van der Waals surface area (Å²) in [7, 11) is 4.66. The van der Waals surface area contributed by atoms with Crippen LogP contribution in [0.15, 0.2) is 65.1 Å². The molecule has 0 N–H and O–H groups in total. The number of fused-ring (bicyclic) bond motifs is 1. The fraction of sp³-hybridized carbons (Fsp3) is 0.154. The van der Waals surface area contributed by atoms with Crippen molar-refractivity contribution in [1.29, 1.82) is 0 Å². The zero-order chi connectivity index (χ0) is 22.7. The van der Waals surface area contributed by atoms with E-state index in [1.54, 1.807) is 51.7 Å². The molecule has 0 spiro atoms. The van der Waals surface area contributed by atoms with Crippen LogP contribution in [0.4, 0.5) is 0 Å². The van der Waals surface area contributed by atoms with Crippen molar-refractivity contribution in [2.75, 3.05) is 21.3 Å². The van der Waals surface area contributed by atoms with Gasteiger partial charge < -0.3 is 18.6 Å². The number of benzene rings is 3. The van der Waals surface area contributed by atoms with E-state index in [1.165, 1.54) is 0 Å². The van der Waals surface area contributed by atoms with Crippen LogP contribution in [0.2, 0.25) is 0 Å². The van der Waals surface area contributed by atoms with Crippen LogP contribution in [-0.2, 0) is 0 Å². The lowest BCUT2D eigenvalue weighted by Gasteiger charge is -2.13. The average Bonchev–Trinajstić information content (AvgIpc) is 3.26. The van der Waals surface area contributed by atoms with Gasteiger partial charge >= 0.3 is 0 Å². The van der Waals surface area contributed by atoms with Crippen molar-refractivity contribution >= 4 is 28.5 Å². The number of rotatable bonds is 7. The summed E-state index contributed by atoms with van der Waals surface area (Å²) in [5.74, 6) is 1.57. The molecule has 162 valence electrons. The number of para-hydroxylation sites is 2. The van der Waals surface area contributed by atoms with Gasteiger partial charge in [0, 0.05) is 17.2 Å².